The SMILES string of the molecule is CCc1nc(/C=C/c2cccnc2)nc2c(OC)cc(OC)cc12. The maximum absolute atomic E-state index is 5.48. The van der Waals surface area contributed by atoms with Gasteiger partial charge in [0, 0.05) is 23.8 Å². The van der Waals surface area contributed by atoms with Crippen molar-refractivity contribution in [2.75, 3.05) is 14.2 Å². The third kappa shape index (κ3) is 3.20. The Kier molecular flexibility index (Phi) is 4.70. The first-order valence-corrected chi connectivity index (χ1v) is 7.76. The molecule has 0 saturated carbocycles. The highest BCUT2D eigenvalue weighted by molar-refractivity contribution is 5.89. The molecule has 0 saturated heterocycles. The van der Waals surface area contributed by atoms with Gasteiger partial charge in [0.2, 0.25) is 0 Å². The highest BCUT2D eigenvalue weighted by Crippen LogP contribution is 2.31. The summed E-state index contributed by atoms with van der Waals surface area (Å²) in [7, 11) is 3.27. The van der Waals surface area contributed by atoms with E-state index in [2.05, 4.69) is 21.9 Å². The molecule has 0 N–H and O–H groups in total. The number of aryl methyl sites for hydroxylation is 1. The molecule has 0 spiro atoms. The Morgan fingerprint density at radius 3 is 2.62 bits per heavy atom. The number of methoxy groups -OCH3 is 2. The van der Waals surface area contributed by atoms with Gasteiger partial charge in [-0.2, -0.15) is 0 Å². The van der Waals surface area contributed by atoms with Crippen LogP contribution in [0.4, 0.5) is 0 Å². The second-order valence-corrected chi connectivity index (χ2v) is 5.23. The molecule has 0 aliphatic rings. The fourth-order valence-corrected chi connectivity index (χ4v) is 2.52. The lowest BCUT2D eigenvalue weighted by Crippen LogP contribution is -1.99. The van der Waals surface area contributed by atoms with Gasteiger partial charge in [-0.25, -0.2) is 9.97 Å². The molecule has 24 heavy (non-hydrogen) atoms. The van der Waals surface area contributed by atoms with Crippen molar-refractivity contribution in [3.05, 3.63) is 53.7 Å². The van der Waals surface area contributed by atoms with Crippen molar-refractivity contribution in [1.82, 2.24) is 15.0 Å². The van der Waals surface area contributed by atoms with Gasteiger partial charge in [-0.05, 0) is 36.3 Å². The maximum atomic E-state index is 5.48. The number of rotatable bonds is 5. The zero-order valence-electron chi connectivity index (χ0n) is 14.0. The summed E-state index contributed by atoms with van der Waals surface area (Å²) in [5, 5.41) is 0.951. The molecule has 0 radical (unpaired) electrons. The second kappa shape index (κ2) is 7.08. The minimum atomic E-state index is 0.645. The molecule has 0 bridgehead atoms. The first-order valence-electron chi connectivity index (χ1n) is 7.76. The van der Waals surface area contributed by atoms with Crippen molar-refractivity contribution in [3.8, 4) is 11.5 Å². The van der Waals surface area contributed by atoms with Crippen molar-refractivity contribution in [2.24, 2.45) is 0 Å². The van der Waals surface area contributed by atoms with Crippen LogP contribution in [0.3, 0.4) is 0 Å². The lowest BCUT2D eigenvalue weighted by molar-refractivity contribution is 0.397. The average Bonchev–Trinajstić information content (AvgIpc) is 2.65. The number of pyridine rings is 1. The molecule has 1 aromatic carbocycles. The van der Waals surface area contributed by atoms with Crippen LogP contribution >= 0.6 is 0 Å². The van der Waals surface area contributed by atoms with Crippen LogP contribution in [-0.4, -0.2) is 29.2 Å². The van der Waals surface area contributed by atoms with Gasteiger partial charge in [0.15, 0.2) is 5.82 Å². The van der Waals surface area contributed by atoms with Crippen LogP contribution in [0.1, 0.15) is 24.0 Å². The van der Waals surface area contributed by atoms with E-state index in [4.69, 9.17) is 9.47 Å². The van der Waals surface area contributed by atoms with Crippen molar-refractivity contribution in [1.29, 1.82) is 0 Å². The van der Waals surface area contributed by atoms with E-state index >= 15 is 0 Å². The van der Waals surface area contributed by atoms with Gasteiger partial charge in [-0.15, -0.1) is 0 Å². The lowest BCUT2D eigenvalue weighted by atomic mass is 10.1. The topological polar surface area (TPSA) is 57.1 Å². The fraction of sp³-hybridized carbons (Fsp3) is 0.211. The predicted octanol–water partition coefficient (Wildman–Crippen LogP) is 3.77. The van der Waals surface area contributed by atoms with Crippen LogP contribution in [-0.2, 0) is 6.42 Å². The van der Waals surface area contributed by atoms with Crippen molar-refractivity contribution in [3.63, 3.8) is 0 Å². The highest BCUT2D eigenvalue weighted by Gasteiger charge is 2.12. The van der Waals surface area contributed by atoms with Gasteiger partial charge in [0.05, 0.1) is 19.9 Å². The number of hydrogen-bond acceptors (Lipinski definition) is 5. The van der Waals surface area contributed by atoms with Crippen LogP contribution in [0.2, 0.25) is 0 Å². The third-order valence-electron chi connectivity index (χ3n) is 3.74. The van der Waals surface area contributed by atoms with E-state index in [0.717, 1.165) is 34.3 Å². The van der Waals surface area contributed by atoms with Crippen LogP contribution in [0, 0.1) is 0 Å². The molecule has 3 aromatic rings. The Morgan fingerprint density at radius 2 is 1.96 bits per heavy atom. The van der Waals surface area contributed by atoms with Crippen molar-refractivity contribution < 1.29 is 9.47 Å². The maximum Gasteiger partial charge on any atom is 0.152 e. The smallest absolute Gasteiger partial charge is 0.152 e. The molecule has 0 aliphatic heterocycles. The summed E-state index contributed by atoms with van der Waals surface area (Å²) in [5.41, 5.74) is 2.75. The van der Waals surface area contributed by atoms with Crippen LogP contribution < -0.4 is 9.47 Å². The van der Waals surface area contributed by atoms with Crippen LogP contribution in [0.25, 0.3) is 23.1 Å². The summed E-state index contributed by atoms with van der Waals surface area (Å²) >= 11 is 0. The number of ether oxygens (including phenoxy) is 2. The zero-order chi connectivity index (χ0) is 16.9. The van der Waals surface area contributed by atoms with E-state index < -0.39 is 0 Å². The Balaban J connectivity index is 2.12. The average molecular weight is 321 g/mol. The normalized spacial score (nSPS) is 11.1. The summed E-state index contributed by atoms with van der Waals surface area (Å²) < 4.78 is 10.8. The molecule has 122 valence electrons. The second-order valence-electron chi connectivity index (χ2n) is 5.23. The predicted molar refractivity (Wildman–Crippen MR) is 95.2 cm³/mol. The number of benzene rings is 1. The molecule has 2 aromatic heterocycles. The molecule has 2 heterocycles. The van der Waals surface area contributed by atoms with Gasteiger partial charge in [-0.1, -0.05) is 13.0 Å². The van der Waals surface area contributed by atoms with Gasteiger partial charge >= 0.3 is 0 Å². The first kappa shape index (κ1) is 15.9. The van der Waals surface area contributed by atoms with Gasteiger partial charge in [0.25, 0.3) is 0 Å². The number of nitrogens with zero attached hydrogens (tertiary/aromatic N) is 3. The summed E-state index contributed by atoms with van der Waals surface area (Å²) in [5.74, 6) is 2.06. The Hall–Kier alpha value is -2.95. The third-order valence-corrected chi connectivity index (χ3v) is 3.74. The van der Waals surface area contributed by atoms with E-state index in [1.807, 2.05) is 36.4 Å². The quantitative estimate of drug-likeness (QED) is 0.716. The summed E-state index contributed by atoms with van der Waals surface area (Å²) in [6.07, 6.45) is 8.17. The molecule has 0 fully saturated rings. The van der Waals surface area contributed by atoms with Gasteiger partial charge in [0.1, 0.15) is 17.0 Å². The van der Waals surface area contributed by atoms with Crippen LogP contribution in [0.5, 0.6) is 11.5 Å². The summed E-state index contributed by atoms with van der Waals surface area (Å²) in [4.78, 5) is 13.4. The largest absolute Gasteiger partial charge is 0.497 e. The lowest BCUT2D eigenvalue weighted by Gasteiger charge is -2.11. The summed E-state index contributed by atoms with van der Waals surface area (Å²) in [6.45, 7) is 2.07. The molecule has 0 amide bonds. The Bertz CT molecular complexity index is 877. The van der Waals surface area contributed by atoms with Gasteiger partial charge in [-0.3, -0.25) is 4.98 Å². The first-order chi connectivity index (χ1) is 11.7. The van der Waals surface area contributed by atoms with E-state index in [9.17, 15) is 0 Å². The van der Waals surface area contributed by atoms with Crippen LogP contribution in [0.15, 0.2) is 36.7 Å². The number of fused-ring (bicyclic) bond motifs is 1. The highest BCUT2D eigenvalue weighted by atomic mass is 16.5. The number of hydrogen-bond donors (Lipinski definition) is 0. The van der Waals surface area contributed by atoms with Crippen molar-refractivity contribution >= 4 is 23.1 Å². The molecular formula is C19H19N3O2. The van der Waals surface area contributed by atoms with Gasteiger partial charge < -0.3 is 9.47 Å². The van der Waals surface area contributed by atoms with E-state index in [0.29, 0.717) is 11.6 Å². The minimum Gasteiger partial charge on any atom is -0.497 e. The Labute approximate surface area is 141 Å². The zero-order valence-corrected chi connectivity index (χ0v) is 14.0. The van der Waals surface area contributed by atoms with E-state index in [-0.39, 0.29) is 0 Å². The molecule has 0 unspecified atom stereocenters. The van der Waals surface area contributed by atoms with Crippen molar-refractivity contribution in [2.45, 2.75) is 13.3 Å². The minimum absolute atomic E-state index is 0.645. The molecular weight excluding hydrogens is 302 g/mol. The van der Waals surface area contributed by atoms with E-state index in [1.165, 1.54) is 0 Å². The fourth-order valence-electron chi connectivity index (χ4n) is 2.52. The molecule has 5 nitrogen and oxygen atoms in total. The molecule has 0 atom stereocenters. The standard InChI is InChI=1S/C19H19N3O2/c1-4-16-15-10-14(23-2)11-17(24-3)19(15)22-18(21-16)8-7-13-6-5-9-20-12-13/h5-12H,4H2,1-3H3/b8-7+. The molecule has 5 heteroatoms. The Morgan fingerprint density at radius 1 is 1.08 bits per heavy atom. The molecule has 3 rings (SSSR count). The number of aromatic nitrogens is 3. The monoisotopic (exact) mass is 321 g/mol. The molecule has 0 aliphatic carbocycles. The summed E-state index contributed by atoms with van der Waals surface area (Å²) in [6, 6.07) is 7.67. The van der Waals surface area contributed by atoms with E-state index in [1.54, 1.807) is 26.6 Å².